The van der Waals surface area contributed by atoms with E-state index in [4.69, 9.17) is 25.3 Å². The molecule has 1 atom stereocenters. The van der Waals surface area contributed by atoms with Crippen LogP contribution in [-0.4, -0.2) is 21.7 Å². The van der Waals surface area contributed by atoms with Crippen molar-refractivity contribution in [2.75, 3.05) is 6.61 Å². The molecule has 4 rings (SSSR count). The molecule has 0 radical (unpaired) electrons. The van der Waals surface area contributed by atoms with E-state index in [2.05, 4.69) is 15.1 Å². The Kier molecular flexibility index (Phi) is 3.59. The average molecular weight is 336 g/mol. The number of hydrogen-bond donors (Lipinski definition) is 0. The third-order valence-electron chi connectivity index (χ3n) is 3.62. The Hall–Kier alpha value is -2.25. The molecule has 0 bridgehead atoms. The number of ether oxygens (including phenoxy) is 1. The van der Waals surface area contributed by atoms with Crippen molar-refractivity contribution < 1.29 is 18.1 Å². The van der Waals surface area contributed by atoms with Crippen LogP contribution in [0.25, 0.3) is 23.0 Å². The van der Waals surface area contributed by atoms with Crippen LogP contribution in [0, 0.1) is 5.82 Å². The van der Waals surface area contributed by atoms with E-state index < -0.39 is 5.82 Å². The molecule has 1 saturated heterocycles. The molecular formula is C15H11ClFN3O3. The Bertz CT molecular complexity index is 842. The van der Waals surface area contributed by atoms with Gasteiger partial charge in [-0.15, -0.1) is 0 Å². The van der Waals surface area contributed by atoms with Gasteiger partial charge in [-0.05, 0) is 31.0 Å². The lowest BCUT2D eigenvalue weighted by atomic mass is 10.1. The van der Waals surface area contributed by atoms with Gasteiger partial charge in [0.2, 0.25) is 5.82 Å². The average Bonchev–Trinajstić information content (AvgIpc) is 3.27. The number of benzene rings is 1. The van der Waals surface area contributed by atoms with Crippen LogP contribution in [0.4, 0.5) is 4.39 Å². The second kappa shape index (κ2) is 5.75. The first-order valence-corrected chi connectivity index (χ1v) is 7.44. The maximum Gasteiger partial charge on any atom is 0.280 e. The SMILES string of the molecule is Fc1ccc(-c2noc(-c3ncoc3[C@@H]3CCCO3)n2)c(Cl)c1. The summed E-state index contributed by atoms with van der Waals surface area (Å²) in [5, 5.41) is 4.09. The largest absolute Gasteiger partial charge is 0.445 e. The van der Waals surface area contributed by atoms with Crippen LogP contribution in [0.5, 0.6) is 0 Å². The quantitative estimate of drug-likeness (QED) is 0.719. The molecule has 23 heavy (non-hydrogen) atoms. The molecule has 3 aromatic rings. The molecule has 1 aliphatic heterocycles. The standard InChI is InChI=1S/C15H11ClFN3O3/c16-10-6-8(17)3-4-9(10)14-19-15(23-20-14)12-13(22-7-18-12)11-2-1-5-21-11/h3-4,6-7,11H,1-2,5H2/t11-/m0/s1. The molecule has 3 heterocycles. The van der Waals surface area contributed by atoms with Gasteiger partial charge in [0, 0.05) is 12.2 Å². The molecule has 1 fully saturated rings. The predicted octanol–water partition coefficient (Wildman–Crippen LogP) is 4.04. The highest BCUT2D eigenvalue weighted by Crippen LogP contribution is 2.35. The highest BCUT2D eigenvalue weighted by molar-refractivity contribution is 6.33. The molecular weight excluding hydrogens is 325 g/mol. The predicted molar refractivity (Wildman–Crippen MR) is 78.1 cm³/mol. The van der Waals surface area contributed by atoms with E-state index in [0.717, 1.165) is 12.8 Å². The molecule has 8 heteroatoms. The molecule has 2 aromatic heterocycles. The van der Waals surface area contributed by atoms with Gasteiger partial charge in [-0.3, -0.25) is 0 Å². The van der Waals surface area contributed by atoms with E-state index in [0.29, 0.717) is 23.6 Å². The number of oxazole rings is 1. The molecule has 1 aromatic carbocycles. The summed E-state index contributed by atoms with van der Waals surface area (Å²) < 4.78 is 29.4. The fraction of sp³-hybridized carbons (Fsp3) is 0.267. The fourth-order valence-electron chi connectivity index (χ4n) is 2.53. The van der Waals surface area contributed by atoms with Crippen LogP contribution in [0.1, 0.15) is 24.7 Å². The zero-order chi connectivity index (χ0) is 15.8. The Morgan fingerprint density at radius 3 is 3.00 bits per heavy atom. The van der Waals surface area contributed by atoms with Crippen LogP contribution in [0.3, 0.4) is 0 Å². The molecule has 0 spiro atoms. The molecule has 1 aliphatic rings. The number of halogens is 2. The van der Waals surface area contributed by atoms with Crippen LogP contribution in [-0.2, 0) is 4.74 Å². The van der Waals surface area contributed by atoms with Crippen molar-refractivity contribution in [1.29, 1.82) is 0 Å². The van der Waals surface area contributed by atoms with Crippen LogP contribution in [0.2, 0.25) is 5.02 Å². The molecule has 0 unspecified atom stereocenters. The second-order valence-corrected chi connectivity index (χ2v) is 5.52. The summed E-state index contributed by atoms with van der Waals surface area (Å²) in [4.78, 5) is 8.42. The zero-order valence-corrected chi connectivity index (χ0v) is 12.6. The minimum absolute atomic E-state index is 0.155. The highest BCUT2D eigenvalue weighted by Gasteiger charge is 2.28. The lowest BCUT2D eigenvalue weighted by molar-refractivity contribution is 0.0939. The Labute approximate surface area is 135 Å². The topological polar surface area (TPSA) is 74.2 Å². The molecule has 0 N–H and O–H groups in total. The number of nitrogens with zero attached hydrogens (tertiary/aromatic N) is 3. The van der Waals surface area contributed by atoms with Crippen LogP contribution < -0.4 is 0 Å². The summed E-state index contributed by atoms with van der Waals surface area (Å²) in [5.41, 5.74) is 0.930. The zero-order valence-electron chi connectivity index (χ0n) is 11.8. The van der Waals surface area contributed by atoms with Crippen molar-refractivity contribution in [3.8, 4) is 23.0 Å². The molecule has 118 valence electrons. The van der Waals surface area contributed by atoms with Gasteiger partial charge < -0.3 is 13.7 Å². The third kappa shape index (κ3) is 2.62. The first-order chi connectivity index (χ1) is 11.2. The van der Waals surface area contributed by atoms with E-state index in [1.807, 2.05) is 0 Å². The van der Waals surface area contributed by atoms with E-state index in [1.54, 1.807) is 0 Å². The van der Waals surface area contributed by atoms with Gasteiger partial charge in [0.1, 0.15) is 11.9 Å². The minimum atomic E-state index is -0.431. The van der Waals surface area contributed by atoms with Gasteiger partial charge in [0.05, 0.1) is 5.02 Å². The van der Waals surface area contributed by atoms with Gasteiger partial charge in [0.25, 0.3) is 5.89 Å². The van der Waals surface area contributed by atoms with Gasteiger partial charge in [-0.25, -0.2) is 9.37 Å². The van der Waals surface area contributed by atoms with Gasteiger partial charge in [-0.2, -0.15) is 4.98 Å². The van der Waals surface area contributed by atoms with Crippen molar-refractivity contribution in [1.82, 2.24) is 15.1 Å². The highest BCUT2D eigenvalue weighted by atomic mass is 35.5. The Morgan fingerprint density at radius 1 is 1.30 bits per heavy atom. The third-order valence-corrected chi connectivity index (χ3v) is 3.93. The van der Waals surface area contributed by atoms with Crippen molar-refractivity contribution in [2.45, 2.75) is 18.9 Å². The molecule has 0 aliphatic carbocycles. The van der Waals surface area contributed by atoms with Gasteiger partial charge in [-0.1, -0.05) is 16.8 Å². The summed E-state index contributed by atoms with van der Waals surface area (Å²) in [6, 6.07) is 3.97. The Morgan fingerprint density at radius 2 is 2.22 bits per heavy atom. The van der Waals surface area contributed by atoms with Crippen molar-refractivity contribution >= 4 is 11.6 Å². The van der Waals surface area contributed by atoms with E-state index in [1.165, 1.54) is 24.6 Å². The molecule has 0 amide bonds. The summed E-state index contributed by atoms with van der Waals surface area (Å²) in [6.45, 7) is 0.686. The van der Waals surface area contributed by atoms with Crippen LogP contribution in [0.15, 0.2) is 33.5 Å². The smallest absolute Gasteiger partial charge is 0.280 e. The first kappa shape index (κ1) is 14.3. The molecule has 6 nitrogen and oxygen atoms in total. The van der Waals surface area contributed by atoms with E-state index >= 15 is 0 Å². The lowest BCUT2D eigenvalue weighted by Gasteiger charge is -2.05. The number of hydrogen-bond acceptors (Lipinski definition) is 6. The van der Waals surface area contributed by atoms with Crippen molar-refractivity contribution in [3.63, 3.8) is 0 Å². The lowest BCUT2D eigenvalue weighted by Crippen LogP contribution is -1.96. The van der Waals surface area contributed by atoms with E-state index in [9.17, 15) is 4.39 Å². The molecule has 0 saturated carbocycles. The van der Waals surface area contributed by atoms with Crippen molar-refractivity contribution in [2.24, 2.45) is 0 Å². The maximum absolute atomic E-state index is 13.1. The normalized spacial score (nSPS) is 17.7. The Balaban J connectivity index is 1.70. The van der Waals surface area contributed by atoms with Crippen LogP contribution >= 0.6 is 11.6 Å². The number of rotatable bonds is 3. The summed E-state index contributed by atoms with van der Waals surface area (Å²) >= 11 is 6.02. The van der Waals surface area contributed by atoms with E-state index in [-0.39, 0.29) is 22.8 Å². The second-order valence-electron chi connectivity index (χ2n) is 5.11. The van der Waals surface area contributed by atoms with Gasteiger partial charge in [0.15, 0.2) is 17.8 Å². The number of aromatic nitrogens is 3. The monoisotopic (exact) mass is 335 g/mol. The fourth-order valence-corrected chi connectivity index (χ4v) is 2.78. The minimum Gasteiger partial charge on any atom is -0.445 e. The maximum atomic E-state index is 13.1. The summed E-state index contributed by atoms with van der Waals surface area (Å²) in [5.74, 6) is 0.605. The first-order valence-electron chi connectivity index (χ1n) is 7.07. The van der Waals surface area contributed by atoms with Gasteiger partial charge >= 0.3 is 0 Å². The van der Waals surface area contributed by atoms with Crippen molar-refractivity contribution in [3.05, 3.63) is 41.2 Å². The summed E-state index contributed by atoms with van der Waals surface area (Å²) in [6.07, 6.45) is 2.98. The summed E-state index contributed by atoms with van der Waals surface area (Å²) in [7, 11) is 0.